The summed E-state index contributed by atoms with van der Waals surface area (Å²) in [6.45, 7) is 0.784. The van der Waals surface area contributed by atoms with Gasteiger partial charge in [0.05, 0.1) is 24.0 Å². The number of para-hydroxylation sites is 1. The van der Waals surface area contributed by atoms with E-state index < -0.39 is 12.2 Å². The van der Waals surface area contributed by atoms with E-state index in [1.807, 2.05) is 60.7 Å². The van der Waals surface area contributed by atoms with Crippen molar-refractivity contribution < 1.29 is 19.3 Å². The Balaban J connectivity index is 1.33. The van der Waals surface area contributed by atoms with Crippen LogP contribution < -0.4 is 14.2 Å². The first-order chi connectivity index (χ1) is 15.3. The van der Waals surface area contributed by atoms with Crippen LogP contribution in [0.25, 0.3) is 10.9 Å². The number of fused-ring (bicyclic) bond motifs is 2. The molecular weight excluding hydrogens is 392 g/mol. The first-order valence-corrected chi connectivity index (χ1v) is 10.3. The molecule has 0 fully saturated rings. The van der Waals surface area contributed by atoms with Gasteiger partial charge in [0.1, 0.15) is 36.1 Å². The molecule has 0 unspecified atom stereocenters. The summed E-state index contributed by atoms with van der Waals surface area (Å²) in [6.07, 6.45) is 2.59. The molecule has 2 aromatic heterocycles. The third-order valence-electron chi connectivity index (χ3n) is 5.28. The Morgan fingerprint density at radius 3 is 2.84 bits per heavy atom. The monoisotopic (exact) mass is 414 g/mol. The van der Waals surface area contributed by atoms with Crippen molar-refractivity contribution in [2.75, 3.05) is 6.61 Å². The first kappa shape index (κ1) is 19.3. The highest BCUT2D eigenvalue weighted by atomic mass is 16.5. The Labute approximate surface area is 180 Å². The number of aliphatic hydroxyl groups excluding tert-OH is 1. The topological polar surface area (TPSA) is 73.7 Å². The van der Waals surface area contributed by atoms with Gasteiger partial charge in [0.15, 0.2) is 0 Å². The molecule has 0 aliphatic carbocycles. The van der Waals surface area contributed by atoms with Crippen LogP contribution in [0.1, 0.15) is 23.8 Å². The van der Waals surface area contributed by atoms with E-state index in [1.165, 1.54) is 0 Å². The fourth-order valence-electron chi connectivity index (χ4n) is 3.68. The fourth-order valence-corrected chi connectivity index (χ4v) is 3.68. The second-order valence-corrected chi connectivity index (χ2v) is 7.41. The van der Waals surface area contributed by atoms with E-state index in [9.17, 15) is 5.11 Å². The predicted molar refractivity (Wildman–Crippen MR) is 116 cm³/mol. The Morgan fingerprint density at radius 2 is 1.94 bits per heavy atom. The second-order valence-electron chi connectivity index (χ2n) is 7.41. The number of rotatable bonds is 5. The lowest BCUT2D eigenvalue weighted by atomic mass is 10.0. The highest BCUT2D eigenvalue weighted by Crippen LogP contribution is 2.36. The van der Waals surface area contributed by atoms with E-state index in [2.05, 4.69) is 9.97 Å². The van der Waals surface area contributed by atoms with Crippen molar-refractivity contribution in [1.29, 1.82) is 0 Å². The van der Waals surface area contributed by atoms with Crippen LogP contribution in [0.2, 0.25) is 0 Å². The summed E-state index contributed by atoms with van der Waals surface area (Å²) in [7, 11) is 0. The number of aromatic nitrogens is 2. The maximum absolute atomic E-state index is 11.0. The normalized spacial score (nSPS) is 18.0. The summed E-state index contributed by atoms with van der Waals surface area (Å²) in [4.78, 5) is 8.71. The molecule has 6 nitrogen and oxygen atoms in total. The molecule has 3 heterocycles. The largest absolute Gasteiger partial charge is 0.493 e. The van der Waals surface area contributed by atoms with Gasteiger partial charge in [-0.05, 0) is 42.5 Å². The van der Waals surface area contributed by atoms with Crippen molar-refractivity contribution in [3.05, 3.63) is 90.4 Å². The van der Waals surface area contributed by atoms with Crippen LogP contribution in [-0.2, 0) is 6.61 Å². The predicted octanol–water partition coefficient (Wildman–Crippen LogP) is 4.47. The summed E-state index contributed by atoms with van der Waals surface area (Å²) in [5.41, 5.74) is 2.42. The first-order valence-electron chi connectivity index (χ1n) is 10.3. The quantitative estimate of drug-likeness (QED) is 0.519. The van der Waals surface area contributed by atoms with E-state index in [4.69, 9.17) is 14.2 Å². The molecule has 2 atom stereocenters. The van der Waals surface area contributed by atoms with Gasteiger partial charge in [-0.15, -0.1) is 0 Å². The number of nitrogens with zero attached hydrogens (tertiary/aromatic N) is 2. The molecule has 1 aliphatic rings. The van der Waals surface area contributed by atoms with Gasteiger partial charge in [-0.25, -0.2) is 4.98 Å². The zero-order valence-electron chi connectivity index (χ0n) is 16.8. The lowest BCUT2D eigenvalue weighted by molar-refractivity contribution is 0.0309. The van der Waals surface area contributed by atoms with E-state index in [-0.39, 0.29) is 0 Å². The second kappa shape index (κ2) is 8.62. The third kappa shape index (κ3) is 4.29. The number of hydrogen-bond donors (Lipinski definition) is 1. The molecular formula is C25H22N2O4. The molecule has 1 aliphatic heterocycles. The van der Waals surface area contributed by atoms with Gasteiger partial charge in [0.2, 0.25) is 0 Å². The van der Waals surface area contributed by atoms with Gasteiger partial charge in [-0.3, -0.25) is 4.98 Å². The van der Waals surface area contributed by atoms with Crippen LogP contribution in [0.15, 0.2) is 79.1 Å². The van der Waals surface area contributed by atoms with Crippen molar-refractivity contribution >= 4 is 10.9 Å². The molecule has 0 radical (unpaired) electrons. The molecule has 5 rings (SSSR count). The fraction of sp³-hybridized carbons (Fsp3) is 0.200. The number of pyridine rings is 2. The molecule has 6 heteroatoms. The number of aliphatic hydroxyl groups is 1. The van der Waals surface area contributed by atoms with Gasteiger partial charge >= 0.3 is 0 Å². The number of ether oxygens (including phenoxy) is 3. The summed E-state index contributed by atoms with van der Waals surface area (Å²) in [5.74, 6) is 1.89. The molecule has 4 aromatic rings. The average Bonchev–Trinajstić information content (AvgIpc) is 2.97. The molecule has 1 N–H and O–H groups in total. The number of hydrogen-bond acceptors (Lipinski definition) is 6. The summed E-state index contributed by atoms with van der Waals surface area (Å²) >= 11 is 0. The van der Waals surface area contributed by atoms with Crippen molar-refractivity contribution in [2.24, 2.45) is 0 Å². The maximum Gasteiger partial charge on any atom is 0.138 e. The van der Waals surface area contributed by atoms with Crippen molar-refractivity contribution in [3.8, 4) is 17.2 Å². The van der Waals surface area contributed by atoms with Crippen LogP contribution >= 0.6 is 0 Å². The van der Waals surface area contributed by atoms with Gasteiger partial charge < -0.3 is 19.3 Å². The van der Waals surface area contributed by atoms with Crippen LogP contribution in [0.4, 0.5) is 0 Å². The van der Waals surface area contributed by atoms with Crippen LogP contribution in [0, 0.1) is 0 Å². The Kier molecular flexibility index (Phi) is 5.37. The lowest BCUT2D eigenvalue weighted by Gasteiger charge is -2.22. The average molecular weight is 414 g/mol. The molecule has 156 valence electrons. The van der Waals surface area contributed by atoms with Crippen LogP contribution in [0.5, 0.6) is 17.2 Å². The van der Waals surface area contributed by atoms with Crippen molar-refractivity contribution in [2.45, 2.75) is 25.2 Å². The zero-order valence-corrected chi connectivity index (χ0v) is 16.8. The molecule has 31 heavy (non-hydrogen) atoms. The Hall–Kier alpha value is -3.64. The lowest BCUT2D eigenvalue weighted by Crippen LogP contribution is -2.25. The molecule has 0 bridgehead atoms. The molecule has 0 spiro atoms. The maximum atomic E-state index is 11.0. The third-order valence-corrected chi connectivity index (χ3v) is 5.28. The SMILES string of the molecule is O[C@H]1c2cc(OCc3ccc4ccccc4n3)ccc2OCC[C@@H]1Oc1cccnc1. The van der Waals surface area contributed by atoms with E-state index in [0.29, 0.717) is 42.4 Å². The zero-order chi connectivity index (χ0) is 21.0. The van der Waals surface area contributed by atoms with Crippen molar-refractivity contribution in [3.63, 3.8) is 0 Å². The Bertz CT molecular complexity index is 1180. The van der Waals surface area contributed by atoms with Gasteiger partial charge in [0.25, 0.3) is 0 Å². The molecule has 2 aromatic carbocycles. The van der Waals surface area contributed by atoms with Gasteiger partial charge in [0, 0.05) is 23.6 Å². The van der Waals surface area contributed by atoms with Gasteiger partial charge in [-0.2, -0.15) is 0 Å². The summed E-state index contributed by atoms with van der Waals surface area (Å²) in [5, 5.41) is 12.1. The number of benzene rings is 2. The minimum Gasteiger partial charge on any atom is -0.493 e. The molecule has 0 amide bonds. The standard InChI is InChI=1S/C25H22N2O4/c28-25-21-14-19(30-16-18-8-7-17-4-1-2-6-22(17)27-18)9-10-23(21)29-13-11-24(25)31-20-5-3-12-26-15-20/h1-10,12,14-15,24-25,28H,11,13,16H2/t24-,25-/m0/s1. The van der Waals surface area contributed by atoms with Crippen LogP contribution in [-0.4, -0.2) is 27.8 Å². The van der Waals surface area contributed by atoms with E-state index in [0.717, 1.165) is 16.6 Å². The Morgan fingerprint density at radius 1 is 1.00 bits per heavy atom. The van der Waals surface area contributed by atoms with Gasteiger partial charge in [-0.1, -0.05) is 24.3 Å². The van der Waals surface area contributed by atoms with Crippen molar-refractivity contribution in [1.82, 2.24) is 9.97 Å². The summed E-state index contributed by atoms with van der Waals surface area (Å²) < 4.78 is 17.8. The van der Waals surface area contributed by atoms with Crippen LogP contribution in [0.3, 0.4) is 0 Å². The highest BCUT2D eigenvalue weighted by molar-refractivity contribution is 5.78. The summed E-state index contributed by atoms with van der Waals surface area (Å²) in [6, 6.07) is 21.1. The molecule has 0 saturated heterocycles. The van der Waals surface area contributed by atoms with E-state index >= 15 is 0 Å². The smallest absolute Gasteiger partial charge is 0.138 e. The minimum absolute atomic E-state index is 0.330. The highest BCUT2D eigenvalue weighted by Gasteiger charge is 2.29. The van der Waals surface area contributed by atoms with E-state index in [1.54, 1.807) is 18.5 Å². The molecule has 0 saturated carbocycles. The minimum atomic E-state index is -0.847.